The third-order valence-electron chi connectivity index (χ3n) is 2.74. The second-order valence-electron chi connectivity index (χ2n) is 4.12. The number of ether oxygens (including phenoxy) is 1. The van der Waals surface area contributed by atoms with E-state index in [1.165, 1.54) is 6.07 Å². The molecule has 0 heterocycles. The molecule has 3 N–H and O–H groups in total. The van der Waals surface area contributed by atoms with Crippen LogP contribution in [0.15, 0.2) is 12.1 Å². The second kappa shape index (κ2) is 5.93. The highest BCUT2D eigenvalue weighted by atomic mass is 35.5. The Kier molecular flexibility index (Phi) is 4.81. The molecule has 18 heavy (non-hydrogen) atoms. The van der Waals surface area contributed by atoms with Crippen LogP contribution < -0.4 is 10.6 Å². The minimum atomic E-state index is -1.06. The molecule has 1 rings (SSSR count). The lowest BCUT2D eigenvalue weighted by Gasteiger charge is -2.28. The van der Waals surface area contributed by atoms with Gasteiger partial charge in [0.1, 0.15) is 0 Å². The number of anilines is 2. The summed E-state index contributed by atoms with van der Waals surface area (Å²) in [4.78, 5) is 13.0. The minimum Gasteiger partial charge on any atom is -0.478 e. The third kappa shape index (κ3) is 3.05. The number of carboxylic acids is 1. The van der Waals surface area contributed by atoms with Gasteiger partial charge in [-0.2, -0.15) is 0 Å². The quantitative estimate of drug-likeness (QED) is 0.803. The van der Waals surface area contributed by atoms with E-state index < -0.39 is 5.97 Å². The summed E-state index contributed by atoms with van der Waals surface area (Å²) in [6, 6.07) is 2.94. The largest absolute Gasteiger partial charge is 0.478 e. The maximum atomic E-state index is 11.2. The monoisotopic (exact) mass is 272 g/mol. The second-order valence-corrected chi connectivity index (χ2v) is 4.53. The average Bonchev–Trinajstić information content (AvgIpc) is 2.27. The van der Waals surface area contributed by atoms with Crippen molar-refractivity contribution < 1.29 is 14.6 Å². The lowest BCUT2D eigenvalue weighted by molar-refractivity contribution is 0.0697. The molecule has 0 aromatic heterocycles. The van der Waals surface area contributed by atoms with Gasteiger partial charge in [0.25, 0.3) is 0 Å². The number of nitrogens with zero attached hydrogens (tertiary/aromatic N) is 1. The van der Waals surface area contributed by atoms with Crippen molar-refractivity contribution >= 4 is 28.9 Å². The lowest BCUT2D eigenvalue weighted by Crippen LogP contribution is -2.34. The van der Waals surface area contributed by atoms with Crippen molar-refractivity contribution in [2.75, 3.05) is 31.4 Å². The van der Waals surface area contributed by atoms with Crippen LogP contribution in [0.2, 0.25) is 5.02 Å². The van der Waals surface area contributed by atoms with Crippen molar-refractivity contribution in [1.82, 2.24) is 0 Å². The van der Waals surface area contributed by atoms with Crippen LogP contribution in [0.4, 0.5) is 11.4 Å². The van der Waals surface area contributed by atoms with E-state index in [1.54, 1.807) is 25.1 Å². The van der Waals surface area contributed by atoms with Gasteiger partial charge in [0, 0.05) is 25.9 Å². The Morgan fingerprint density at radius 2 is 2.22 bits per heavy atom. The zero-order valence-electron chi connectivity index (χ0n) is 10.6. The molecule has 0 saturated carbocycles. The van der Waals surface area contributed by atoms with E-state index in [0.29, 0.717) is 23.0 Å². The molecule has 5 nitrogen and oxygen atoms in total. The number of carbonyl (C=O) groups is 1. The van der Waals surface area contributed by atoms with Crippen molar-refractivity contribution in [1.29, 1.82) is 0 Å². The van der Waals surface area contributed by atoms with E-state index in [0.717, 1.165) is 0 Å². The molecule has 1 atom stereocenters. The van der Waals surface area contributed by atoms with Crippen LogP contribution in [0.3, 0.4) is 0 Å². The van der Waals surface area contributed by atoms with Crippen LogP contribution in [0, 0.1) is 0 Å². The first-order valence-electron chi connectivity index (χ1n) is 5.42. The SMILES string of the molecule is COCC(C)N(C)c1c(Cl)cc(N)cc1C(=O)O. The normalized spacial score (nSPS) is 12.2. The predicted molar refractivity (Wildman–Crippen MR) is 72.6 cm³/mol. The van der Waals surface area contributed by atoms with Crippen molar-refractivity contribution in [2.45, 2.75) is 13.0 Å². The molecule has 0 fully saturated rings. The summed E-state index contributed by atoms with van der Waals surface area (Å²) in [5.41, 5.74) is 6.47. The van der Waals surface area contributed by atoms with E-state index in [2.05, 4.69) is 0 Å². The Labute approximate surface area is 111 Å². The average molecular weight is 273 g/mol. The topological polar surface area (TPSA) is 75.8 Å². The van der Waals surface area contributed by atoms with Crippen LogP contribution in [-0.2, 0) is 4.74 Å². The highest BCUT2D eigenvalue weighted by Crippen LogP contribution is 2.33. The van der Waals surface area contributed by atoms with Crippen LogP contribution >= 0.6 is 11.6 Å². The van der Waals surface area contributed by atoms with Gasteiger partial charge in [0.05, 0.1) is 22.9 Å². The highest BCUT2D eigenvalue weighted by molar-refractivity contribution is 6.34. The number of nitrogens with two attached hydrogens (primary N) is 1. The number of hydrogen-bond donors (Lipinski definition) is 2. The minimum absolute atomic E-state index is 0.00535. The molecule has 0 aliphatic heterocycles. The molecule has 0 saturated heterocycles. The Balaban J connectivity index is 3.25. The fraction of sp³-hybridized carbons (Fsp3) is 0.417. The van der Waals surface area contributed by atoms with E-state index >= 15 is 0 Å². The maximum Gasteiger partial charge on any atom is 0.337 e. The van der Waals surface area contributed by atoms with Crippen LogP contribution in [0.25, 0.3) is 0 Å². The number of methoxy groups -OCH3 is 1. The number of hydrogen-bond acceptors (Lipinski definition) is 4. The van der Waals surface area contributed by atoms with Crippen molar-refractivity contribution in [3.8, 4) is 0 Å². The highest BCUT2D eigenvalue weighted by Gasteiger charge is 2.21. The molecule has 0 spiro atoms. The zero-order chi connectivity index (χ0) is 13.9. The van der Waals surface area contributed by atoms with Gasteiger partial charge in [0.2, 0.25) is 0 Å². The summed E-state index contributed by atoms with van der Waals surface area (Å²) in [5, 5.41) is 9.52. The number of rotatable bonds is 5. The number of aromatic carboxylic acids is 1. The maximum absolute atomic E-state index is 11.2. The molecule has 0 amide bonds. The summed E-state index contributed by atoms with van der Waals surface area (Å²) in [6.07, 6.45) is 0. The fourth-order valence-electron chi connectivity index (χ4n) is 1.71. The van der Waals surface area contributed by atoms with Gasteiger partial charge in [-0.3, -0.25) is 0 Å². The molecule has 6 heteroatoms. The molecular weight excluding hydrogens is 256 g/mol. The van der Waals surface area contributed by atoms with Crippen LogP contribution in [-0.4, -0.2) is 37.9 Å². The fourth-order valence-corrected chi connectivity index (χ4v) is 2.08. The molecule has 1 aromatic rings. The molecule has 0 aliphatic rings. The van der Waals surface area contributed by atoms with E-state index in [4.69, 9.17) is 22.1 Å². The summed E-state index contributed by atoms with van der Waals surface area (Å²) < 4.78 is 5.05. The van der Waals surface area contributed by atoms with E-state index in [9.17, 15) is 9.90 Å². The first kappa shape index (κ1) is 14.6. The van der Waals surface area contributed by atoms with Crippen LogP contribution in [0.5, 0.6) is 0 Å². The molecule has 1 aromatic carbocycles. The third-order valence-corrected chi connectivity index (χ3v) is 3.03. The number of carboxylic acid groups (broad SMARTS) is 1. The first-order chi connectivity index (χ1) is 8.38. The zero-order valence-corrected chi connectivity index (χ0v) is 11.4. The van der Waals surface area contributed by atoms with Gasteiger partial charge in [-0.1, -0.05) is 11.6 Å². The number of halogens is 1. The standard InChI is InChI=1S/C12H17ClN2O3/c1-7(6-18-3)15(2)11-9(12(16)17)4-8(14)5-10(11)13/h4-5,7H,6,14H2,1-3H3,(H,16,17). The van der Waals surface area contributed by atoms with Crippen molar-refractivity contribution in [3.05, 3.63) is 22.7 Å². The summed E-state index contributed by atoms with van der Waals surface area (Å²) in [5.74, 6) is -1.06. The smallest absolute Gasteiger partial charge is 0.337 e. The molecule has 0 bridgehead atoms. The van der Waals surface area contributed by atoms with Crippen molar-refractivity contribution in [2.24, 2.45) is 0 Å². The number of likely N-dealkylation sites (N-methyl/N-ethyl adjacent to an activating group) is 1. The molecule has 100 valence electrons. The van der Waals surface area contributed by atoms with E-state index in [1.807, 2.05) is 6.92 Å². The Hall–Kier alpha value is -1.46. The summed E-state index contributed by atoms with van der Waals surface area (Å²) >= 11 is 6.09. The Morgan fingerprint density at radius 1 is 1.61 bits per heavy atom. The van der Waals surface area contributed by atoms with Crippen LogP contribution in [0.1, 0.15) is 17.3 Å². The van der Waals surface area contributed by atoms with Gasteiger partial charge < -0.3 is 20.5 Å². The van der Waals surface area contributed by atoms with Gasteiger partial charge in [0.15, 0.2) is 0 Å². The Morgan fingerprint density at radius 3 is 2.72 bits per heavy atom. The van der Waals surface area contributed by atoms with Gasteiger partial charge in [-0.25, -0.2) is 4.79 Å². The number of nitrogen functional groups attached to an aromatic ring is 1. The lowest BCUT2D eigenvalue weighted by atomic mass is 10.1. The summed E-state index contributed by atoms with van der Waals surface area (Å²) in [6.45, 7) is 2.39. The molecular formula is C12H17ClN2O3. The van der Waals surface area contributed by atoms with E-state index in [-0.39, 0.29) is 11.6 Å². The number of benzene rings is 1. The van der Waals surface area contributed by atoms with Gasteiger partial charge in [-0.05, 0) is 19.1 Å². The van der Waals surface area contributed by atoms with Gasteiger partial charge in [-0.15, -0.1) is 0 Å². The summed E-state index contributed by atoms with van der Waals surface area (Å²) in [7, 11) is 3.36. The molecule has 1 unspecified atom stereocenters. The molecule has 0 aliphatic carbocycles. The molecule has 0 radical (unpaired) electrons. The van der Waals surface area contributed by atoms with Crippen molar-refractivity contribution in [3.63, 3.8) is 0 Å². The van der Waals surface area contributed by atoms with Gasteiger partial charge >= 0.3 is 5.97 Å². The Bertz CT molecular complexity index is 451. The first-order valence-corrected chi connectivity index (χ1v) is 5.80. The predicted octanol–water partition coefficient (Wildman–Crippen LogP) is 2.09.